The maximum atomic E-state index is 14.0. The summed E-state index contributed by atoms with van der Waals surface area (Å²) in [6.07, 6.45) is 0.905. The standard InChI is InChI=1S/C28H30Cl2N4O6S/c1-3-17-31-28(36)26(4-2)32(18-23-24(29)11-8-12-25(23)30)27(35)19-33(20-13-15-21(16-14-20)34(37)38)41(39,40)22-9-6-5-7-10-22/h5-16,26H,3-4,17-19H2,1-2H3,(H,31,36)/t26-/m0/s1. The molecule has 0 aliphatic rings. The zero-order valence-corrected chi connectivity index (χ0v) is 24.8. The average Bonchev–Trinajstić information content (AvgIpc) is 2.96. The molecule has 0 radical (unpaired) electrons. The van der Waals surface area contributed by atoms with Crippen LogP contribution in [0.2, 0.25) is 10.0 Å². The van der Waals surface area contributed by atoms with Gasteiger partial charge in [0.05, 0.1) is 15.5 Å². The van der Waals surface area contributed by atoms with E-state index in [1.54, 1.807) is 43.3 Å². The van der Waals surface area contributed by atoms with Crippen molar-refractivity contribution < 1.29 is 22.9 Å². The minimum atomic E-state index is -4.31. The fraction of sp³-hybridized carbons (Fsp3) is 0.286. The summed E-state index contributed by atoms with van der Waals surface area (Å²) in [4.78, 5) is 38.9. The van der Waals surface area contributed by atoms with Crippen molar-refractivity contribution in [2.75, 3.05) is 17.4 Å². The van der Waals surface area contributed by atoms with Crippen LogP contribution in [-0.2, 0) is 26.2 Å². The van der Waals surface area contributed by atoms with E-state index < -0.39 is 39.3 Å². The Hall–Kier alpha value is -3.67. The number of nitro benzene ring substituents is 1. The molecule has 0 aromatic heterocycles. The fourth-order valence-electron chi connectivity index (χ4n) is 4.13. The van der Waals surface area contributed by atoms with E-state index in [-0.39, 0.29) is 39.3 Å². The van der Waals surface area contributed by atoms with Crippen molar-refractivity contribution >= 4 is 56.4 Å². The Balaban J connectivity index is 2.10. The summed E-state index contributed by atoms with van der Waals surface area (Å²) < 4.78 is 28.4. The molecule has 0 bridgehead atoms. The van der Waals surface area contributed by atoms with Crippen LogP contribution in [0.3, 0.4) is 0 Å². The Morgan fingerprint density at radius 3 is 2.10 bits per heavy atom. The van der Waals surface area contributed by atoms with Gasteiger partial charge in [-0.15, -0.1) is 0 Å². The Kier molecular flexibility index (Phi) is 11.1. The number of halogens is 2. The number of amides is 2. The van der Waals surface area contributed by atoms with E-state index in [4.69, 9.17) is 23.2 Å². The fourth-order valence-corrected chi connectivity index (χ4v) is 6.08. The number of nitrogens with one attached hydrogen (secondary N) is 1. The highest BCUT2D eigenvalue weighted by Gasteiger charge is 2.34. The largest absolute Gasteiger partial charge is 0.354 e. The summed E-state index contributed by atoms with van der Waals surface area (Å²) in [6.45, 7) is 3.16. The van der Waals surface area contributed by atoms with Crippen LogP contribution in [0.25, 0.3) is 0 Å². The topological polar surface area (TPSA) is 130 Å². The van der Waals surface area contributed by atoms with E-state index in [9.17, 15) is 28.1 Å². The summed E-state index contributed by atoms with van der Waals surface area (Å²) in [6, 6.07) is 16.2. The maximum Gasteiger partial charge on any atom is 0.269 e. The second kappa shape index (κ2) is 14.3. The molecular formula is C28H30Cl2N4O6S. The second-order valence-corrected chi connectivity index (χ2v) is 11.7. The second-order valence-electron chi connectivity index (χ2n) is 9.04. The molecule has 0 fully saturated rings. The number of carbonyl (C=O) groups is 2. The van der Waals surface area contributed by atoms with Crippen LogP contribution in [0, 0.1) is 10.1 Å². The van der Waals surface area contributed by atoms with Gasteiger partial charge in [0, 0.05) is 40.8 Å². The first-order chi connectivity index (χ1) is 19.5. The van der Waals surface area contributed by atoms with Crippen molar-refractivity contribution in [2.45, 2.75) is 44.2 Å². The van der Waals surface area contributed by atoms with E-state index in [1.165, 1.54) is 29.2 Å². The SMILES string of the molecule is CCCNC(=O)[C@H](CC)N(Cc1c(Cl)cccc1Cl)C(=O)CN(c1ccc([N+](=O)[O-])cc1)S(=O)(=O)c1ccccc1. The van der Waals surface area contributed by atoms with Crippen LogP contribution in [0.4, 0.5) is 11.4 Å². The minimum absolute atomic E-state index is 0.0343. The van der Waals surface area contributed by atoms with Gasteiger partial charge in [0.25, 0.3) is 15.7 Å². The zero-order chi connectivity index (χ0) is 30.2. The third kappa shape index (κ3) is 7.75. The normalized spacial score (nSPS) is 11.9. The third-order valence-electron chi connectivity index (χ3n) is 6.28. The molecular weight excluding hydrogens is 591 g/mol. The number of nitrogens with zero attached hydrogens (tertiary/aromatic N) is 3. The van der Waals surface area contributed by atoms with Crippen LogP contribution in [-0.4, -0.2) is 49.2 Å². The van der Waals surface area contributed by atoms with Gasteiger partial charge in [-0.3, -0.25) is 24.0 Å². The first-order valence-electron chi connectivity index (χ1n) is 12.8. The minimum Gasteiger partial charge on any atom is -0.354 e. The van der Waals surface area contributed by atoms with Crippen molar-refractivity contribution in [3.8, 4) is 0 Å². The van der Waals surface area contributed by atoms with Gasteiger partial charge in [-0.1, -0.05) is 61.3 Å². The van der Waals surface area contributed by atoms with Gasteiger partial charge in [0.15, 0.2) is 0 Å². The Morgan fingerprint density at radius 2 is 1.56 bits per heavy atom. The van der Waals surface area contributed by atoms with Crippen LogP contribution in [0.5, 0.6) is 0 Å². The molecule has 0 aliphatic heterocycles. The molecule has 0 unspecified atom stereocenters. The van der Waals surface area contributed by atoms with E-state index in [2.05, 4.69) is 5.32 Å². The number of sulfonamides is 1. The Labute approximate surface area is 249 Å². The average molecular weight is 622 g/mol. The molecule has 41 heavy (non-hydrogen) atoms. The molecule has 0 aliphatic carbocycles. The highest BCUT2D eigenvalue weighted by atomic mass is 35.5. The van der Waals surface area contributed by atoms with Gasteiger partial charge in [-0.2, -0.15) is 0 Å². The first kappa shape index (κ1) is 31.9. The van der Waals surface area contributed by atoms with Crippen LogP contribution < -0.4 is 9.62 Å². The van der Waals surface area contributed by atoms with E-state index >= 15 is 0 Å². The smallest absolute Gasteiger partial charge is 0.269 e. The molecule has 3 aromatic carbocycles. The lowest BCUT2D eigenvalue weighted by Gasteiger charge is -2.33. The molecule has 1 N–H and O–H groups in total. The van der Waals surface area contributed by atoms with Gasteiger partial charge in [0.1, 0.15) is 12.6 Å². The summed E-state index contributed by atoms with van der Waals surface area (Å²) in [5.74, 6) is -1.10. The summed E-state index contributed by atoms with van der Waals surface area (Å²) in [5.41, 5.74) is 0.191. The molecule has 0 spiro atoms. The lowest BCUT2D eigenvalue weighted by atomic mass is 10.1. The molecule has 0 saturated heterocycles. The number of benzene rings is 3. The molecule has 0 heterocycles. The van der Waals surface area contributed by atoms with Gasteiger partial charge in [-0.25, -0.2) is 8.42 Å². The lowest BCUT2D eigenvalue weighted by molar-refractivity contribution is -0.384. The quantitative estimate of drug-likeness (QED) is 0.200. The molecule has 1 atom stereocenters. The summed E-state index contributed by atoms with van der Waals surface area (Å²) in [5, 5.41) is 14.6. The lowest BCUT2D eigenvalue weighted by Crippen LogP contribution is -2.52. The third-order valence-corrected chi connectivity index (χ3v) is 8.78. The van der Waals surface area contributed by atoms with E-state index in [0.717, 1.165) is 16.4 Å². The number of hydrogen-bond donors (Lipinski definition) is 1. The molecule has 0 saturated carbocycles. The number of carbonyl (C=O) groups excluding carboxylic acids is 2. The predicted octanol–water partition coefficient (Wildman–Crippen LogP) is 5.43. The van der Waals surface area contributed by atoms with Crippen LogP contribution in [0.1, 0.15) is 32.3 Å². The van der Waals surface area contributed by atoms with Gasteiger partial charge in [-0.05, 0) is 49.2 Å². The molecule has 2 amide bonds. The highest BCUT2D eigenvalue weighted by Crippen LogP contribution is 2.29. The van der Waals surface area contributed by atoms with Gasteiger partial charge >= 0.3 is 0 Å². The van der Waals surface area contributed by atoms with Crippen LogP contribution >= 0.6 is 23.2 Å². The maximum absolute atomic E-state index is 14.0. The van der Waals surface area contributed by atoms with E-state index in [1.807, 2.05) is 6.92 Å². The zero-order valence-electron chi connectivity index (χ0n) is 22.5. The Morgan fingerprint density at radius 1 is 0.951 bits per heavy atom. The van der Waals surface area contributed by atoms with Crippen molar-refractivity contribution in [3.63, 3.8) is 0 Å². The Bertz CT molecular complexity index is 1470. The summed E-state index contributed by atoms with van der Waals surface area (Å²) in [7, 11) is -4.31. The monoisotopic (exact) mass is 620 g/mol. The molecule has 10 nitrogen and oxygen atoms in total. The highest BCUT2D eigenvalue weighted by molar-refractivity contribution is 7.92. The predicted molar refractivity (Wildman–Crippen MR) is 158 cm³/mol. The molecule has 3 aromatic rings. The number of rotatable bonds is 13. The molecule has 13 heteroatoms. The number of non-ortho nitro benzene ring substituents is 1. The van der Waals surface area contributed by atoms with Crippen molar-refractivity contribution in [3.05, 3.63) is 98.5 Å². The van der Waals surface area contributed by atoms with Crippen molar-refractivity contribution in [1.29, 1.82) is 0 Å². The number of nitro groups is 1. The van der Waals surface area contributed by atoms with Gasteiger partial charge in [0.2, 0.25) is 11.8 Å². The van der Waals surface area contributed by atoms with Crippen molar-refractivity contribution in [1.82, 2.24) is 10.2 Å². The number of hydrogen-bond acceptors (Lipinski definition) is 6. The van der Waals surface area contributed by atoms with E-state index in [0.29, 0.717) is 18.5 Å². The molecule has 218 valence electrons. The van der Waals surface area contributed by atoms with Gasteiger partial charge < -0.3 is 10.2 Å². The van der Waals surface area contributed by atoms with Crippen LogP contribution in [0.15, 0.2) is 77.7 Å². The molecule has 3 rings (SSSR count). The first-order valence-corrected chi connectivity index (χ1v) is 15.0. The van der Waals surface area contributed by atoms with Crippen molar-refractivity contribution in [2.24, 2.45) is 0 Å². The number of anilines is 1. The summed E-state index contributed by atoms with van der Waals surface area (Å²) >= 11 is 12.8.